The second kappa shape index (κ2) is 3.77. The van der Waals surface area contributed by atoms with E-state index in [-0.39, 0.29) is 20.4 Å². The van der Waals surface area contributed by atoms with E-state index in [2.05, 4.69) is 15.1 Å². The van der Waals surface area contributed by atoms with E-state index in [0.717, 1.165) is 5.56 Å². The van der Waals surface area contributed by atoms with Crippen molar-refractivity contribution in [3.05, 3.63) is 21.9 Å². The number of aromatic nitrogens is 1. The molecule has 0 fully saturated rings. The van der Waals surface area contributed by atoms with E-state index >= 15 is 0 Å². The maximum atomic E-state index is 10.6. The summed E-state index contributed by atoms with van der Waals surface area (Å²) in [6.07, 6.45) is 2.28. The van der Waals surface area contributed by atoms with E-state index in [1.54, 1.807) is 0 Å². The van der Waals surface area contributed by atoms with Crippen LogP contribution in [0.25, 0.3) is 8.92 Å². The zero-order valence-electron chi connectivity index (χ0n) is 7.36. The SMILES string of the molecule is N[C@@H](Cc1c[nH]c2[te]ccc12)C(=O)O. The van der Waals surface area contributed by atoms with Crippen molar-refractivity contribution in [1.29, 1.82) is 0 Å². The van der Waals surface area contributed by atoms with E-state index in [1.165, 1.54) is 8.92 Å². The van der Waals surface area contributed by atoms with Gasteiger partial charge < -0.3 is 0 Å². The fraction of sp³-hybridized carbons (Fsp3) is 0.222. The van der Waals surface area contributed by atoms with Crippen molar-refractivity contribution in [2.75, 3.05) is 0 Å². The van der Waals surface area contributed by atoms with Crippen molar-refractivity contribution < 1.29 is 9.90 Å². The van der Waals surface area contributed by atoms with Crippen molar-refractivity contribution in [3.8, 4) is 0 Å². The summed E-state index contributed by atoms with van der Waals surface area (Å²) in [6.45, 7) is 0. The zero-order chi connectivity index (χ0) is 10.1. The Hall–Kier alpha value is -0.760. The molecule has 0 aliphatic carbocycles. The number of carboxylic acid groups (broad SMARTS) is 1. The molecule has 0 aromatic carbocycles. The minimum atomic E-state index is -0.946. The Kier molecular flexibility index (Phi) is 2.64. The summed E-state index contributed by atoms with van der Waals surface area (Å²) in [7, 11) is 0. The van der Waals surface area contributed by atoms with Crippen molar-refractivity contribution in [2.24, 2.45) is 5.73 Å². The average Bonchev–Trinajstić information content (AvgIpc) is 2.69. The van der Waals surface area contributed by atoms with Crippen LogP contribution in [-0.4, -0.2) is 42.5 Å². The molecule has 2 rings (SSSR count). The van der Waals surface area contributed by atoms with Crippen LogP contribution in [0, 0.1) is 0 Å². The third-order valence-electron chi connectivity index (χ3n) is 2.15. The van der Waals surface area contributed by atoms with Gasteiger partial charge >= 0.3 is 90.3 Å². The van der Waals surface area contributed by atoms with Crippen molar-refractivity contribution >= 4 is 35.3 Å². The number of carboxylic acids is 1. The number of nitrogens with two attached hydrogens (primary N) is 1. The second-order valence-corrected chi connectivity index (χ2v) is 5.74. The molecule has 0 bridgehead atoms. The van der Waals surface area contributed by atoms with Crippen molar-refractivity contribution in [1.82, 2.24) is 4.98 Å². The molecule has 0 radical (unpaired) electrons. The van der Waals surface area contributed by atoms with Gasteiger partial charge in [-0.25, -0.2) is 0 Å². The van der Waals surface area contributed by atoms with E-state index in [0.29, 0.717) is 6.42 Å². The van der Waals surface area contributed by atoms with Gasteiger partial charge in [0.25, 0.3) is 0 Å². The number of fused-ring (bicyclic) bond motifs is 1. The molecule has 2 heterocycles. The first-order chi connectivity index (χ1) is 6.68. The molecule has 0 aliphatic heterocycles. The van der Waals surface area contributed by atoms with Gasteiger partial charge in [0.05, 0.1) is 0 Å². The fourth-order valence-corrected chi connectivity index (χ4v) is 3.66. The minimum absolute atomic E-state index is 0.191. The predicted molar refractivity (Wildman–Crippen MR) is 54.6 cm³/mol. The van der Waals surface area contributed by atoms with Gasteiger partial charge in [-0.05, 0) is 0 Å². The number of aliphatic carboxylic acids is 1. The number of aromatic amines is 1. The summed E-state index contributed by atoms with van der Waals surface area (Å²) in [6, 6.07) is 1.27. The Labute approximate surface area is 90.3 Å². The number of carbonyl (C=O) groups is 1. The van der Waals surface area contributed by atoms with Gasteiger partial charge in [0.15, 0.2) is 0 Å². The summed E-state index contributed by atoms with van der Waals surface area (Å²) < 4.78 is 3.46. The Bertz CT molecular complexity index is 460. The molecule has 2 aromatic rings. The standard InChI is InChI=1S/C9H10N2O2Te/c10-7(9(12)13)3-5-4-11-8-6(5)1-2-14-8/h1-2,4,7,11H,3,10H2,(H,12,13)/t7-/m0/s1. The number of nitrogens with one attached hydrogen (secondary N) is 1. The Morgan fingerprint density at radius 1 is 1.71 bits per heavy atom. The van der Waals surface area contributed by atoms with Crippen LogP contribution in [0.3, 0.4) is 0 Å². The van der Waals surface area contributed by atoms with Crippen LogP contribution in [-0.2, 0) is 11.2 Å². The first kappa shape index (κ1) is 9.78. The summed E-state index contributed by atoms with van der Waals surface area (Å²) in [4.78, 5) is 13.8. The molecule has 0 saturated heterocycles. The molecular weight excluding hydrogens is 296 g/mol. The molecule has 0 aliphatic rings. The van der Waals surface area contributed by atoms with Gasteiger partial charge in [-0.15, -0.1) is 0 Å². The third-order valence-corrected chi connectivity index (χ3v) is 4.56. The Morgan fingerprint density at radius 3 is 3.21 bits per heavy atom. The Balaban J connectivity index is 2.27. The van der Waals surface area contributed by atoms with Crippen LogP contribution >= 0.6 is 0 Å². The molecule has 14 heavy (non-hydrogen) atoms. The van der Waals surface area contributed by atoms with Gasteiger partial charge in [0.2, 0.25) is 0 Å². The number of rotatable bonds is 3. The molecule has 0 amide bonds. The van der Waals surface area contributed by atoms with Crippen LogP contribution in [0.5, 0.6) is 0 Å². The maximum absolute atomic E-state index is 10.6. The number of hydrogen-bond acceptors (Lipinski definition) is 2. The number of H-pyrrole nitrogens is 1. The van der Waals surface area contributed by atoms with Gasteiger partial charge in [-0.1, -0.05) is 0 Å². The summed E-state index contributed by atoms with van der Waals surface area (Å²) in [5.41, 5.74) is 6.50. The van der Waals surface area contributed by atoms with Crippen LogP contribution in [0.15, 0.2) is 16.3 Å². The topological polar surface area (TPSA) is 79.1 Å². The predicted octanol–water partition coefficient (Wildman–Crippen LogP) is 0.179. The van der Waals surface area contributed by atoms with E-state index < -0.39 is 12.0 Å². The molecule has 4 nitrogen and oxygen atoms in total. The summed E-state index contributed by atoms with van der Waals surface area (Å²) >= 11 is -0.191. The number of hydrogen-bond donors (Lipinski definition) is 3. The van der Waals surface area contributed by atoms with E-state index in [1.807, 2.05) is 6.20 Å². The molecule has 4 N–H and O–H groups in total. The fourth-order valence-electron chi connectivity index (χ4n) is 1.40. The molecule has 5 heteroatoms. The van der Waals surface area contributed by atoms with E-state index in [4.69, 9.17) is 10.8 Å². The molecule has 74 valence electrons. The summed E-state index contributed by atoms with van der Waals surface area (Å²) in [5.74, 6) is -0.946. The molecule has 0 saturated carbocycles. The van der Waals surface area contributed by atoms with Crippen molar-refractivity contribution in [2.45, 2.75) is 12.5 Å². The third kappa shape index (κ3) is 1.71. The van der Waals surface area contributed by atoms with Crippen LogP contribution in [0.2, 0.25) is 0 Å². The zero-order valence-corrected chi connectivity index (χ0v) is 9.69. The second-order valence-electron chi connectivity index (χ2n) is 3.13. The monoisotopic (exact) mass is 308 g/mol. The molecular formula is C9H10N2O2Te. The Morgan fingerprint density at radius 2 is 2.50 bits per heavy atom. The van der Waals surface area contributed by atoms with Gasteiger partial charge in [0, 0.05) is 0 Å². The molecule has 0 spiro atoms. The normalized spacial score (nSPS) is 13.2. The summed E-state index contributed by atoms with van der Waals surface area (Å²) in [5, 5.41) is 9.85. The first-order valence-corrected chi connectivity index (χ1v) is 6.71. The van der Waals surface area contributed by atoms with Gasteiger partial charge in [0.1, 0.15) is 0 Å². The van der Waals surface area contributed by atoms with Crippen LogP contribution < -0.4 is 5.73 Å². The van der Waals surface area contributed by atoms with Crippen LogP contribution in [0.1, 0.15) is 5.56 Å². The molecule has 1 atom stereocenters. The van der Waals surface area contributed by atoms with Gasteiger partial charge in [-0.2, -0.15) is 0 Å². The first-order valence-electron chi connectivity index (χ1n) is 4.20. The average molecular weight is 306 g/mol. The quantitative estimate of drug-likeness (QED) is 0.708. The van der Waals surface area contributed by atoms with Crippen LogP contribution in [0.4, 0.5) is 0 Å². The van der Waals surface area contributed by atoms with E-state index in [9.17, 15) is 4.79 Å². The van der Waals surface area contributed by atoms with Crippen molar-refractivity contribution in [3.63, 3.8) is 0 Å². The van der Waals surface area contributed by atoms with Gasteiger partial charge in [-0.3, -0.25) is 0 Å². The molecule has 2 aromatic heterocycles. The molecule has 0 unspecified atom stereocenters.